The van der Waals surface area contributed by atoms with Gasteiger partial charge in [-0.1, -0.05) is 0 Å². The number of ether oxygens (including phenoxy) is 1. The molecule has 4 nitrogen and oxygen atoms in total. The first-order valence-electron chi connectivity index (χ1n) is 5.79. The second-order valence-corrected chi connectivity index (χ2v) is 4.11. The molecular weight excluding hydrogens is 202 g/mol. The highest BCUT2D eigenvalue weighted by atomic mass is 16.5. The lowest BCUT2D eigenvalue weighted by molar-refractivity contribution is 0.210. The Labute approximate surface area is 96.4 Å². The Morgan fingerprint density at radius 2 is 2.38 bits per heavy atom. The molecule has 2 rings (SSSR count). The van der Waals surface area contributed by atoms with Crippen LogP contribution in [0.4, 0.5) is 5.69 Å². The molecule has 0 aromatic carbocycles. The molecule has 88 valence electrons. The number of anilines is 1. The van der Waals surface area contributed by atoms with Crippen molar-refractivity contribution in [3.05, 3.63) is 24.0 Å². The van der Waals surface area contributed by atoms with Crippen molar-refractivity contribution >= 4 is 5.69 Å². The molecule has 1 aliphatic rings. The number of hydrogen-bond acceptors (Lipinski definition) is 4. The Morgan fingerprint density at radius 1 is 1.50 bits per heavy atom. The molecule has 4 heteroatoms. The van der Waals surface area contributed by atoms with Crippen LogP contribution in [-0.4, -0.2) is 31.3 Å². The molecular formula is C12H19N3O. The SMILES string of the molecule is COCCNc1cnccc1CNC1CC1. The lowest BCUT2D eigenvalue weighted by atomic mass is 10.2. The molecule has 1 aliphatic carbocycles. The first kappa shape index (κ1) is 11.4. The Bertz CT molecular complexity index is 326. The summed E-state index contributed by atoms with van der Waals surface area (Å²) in [6.45, 7) is 2.45. The number of methoxy groups -OCH3 is 1. The molecule has 16 heavy (non-hydrogen) atoms. The Morgan fingerprint density at radius 3 is 3.12 bits per heavy atom. The third kappa shape index (κ3) is 3.47. The van der Waals surface area contributed by atoms with Gasteiger partial charge < -0.3 is 15.4 Å². The standard InChI is InChI=1S/C12H19N3O/c1-16-7-6-14-12-9-13-5-4-10(12)8-15-11-2-3-11/h4-5,9,11,14-15H,2-3,6-8H2,1H3. The summed E-state index contributed by atoms with van der Waals surface area (Å²) in [5, 5.41) is 6.84. The van der Waals surface area contributed by atoms with E-state index < -0.39 is 0 Å². The molecule has 0 atom stereocenters. The number of pyridine rings is 1. The van der Waals surface area contributed by atoms with Gasteiger partial charge in [0.05, 0.1) is 18.5 Å². The van der Waals surface area contributed by atoms with Crippen LogP contribution in [0.15, 0.2) is 18.5 Å². The Kier molecular flexibility index (Phi) is 4.13. The molecule has 1 heterocycles. The quantitative estimate of drug-likeness (QED) is 0.683. The summed E-state index contributed by atoms with van der Waals surface area (Å²) in [7, 11) is 1.71. The molecule has 1 saturated carbocycles. The molecule has 0 saturated heterocycles. The lowest BCUT2D eigenvalue weighted by Gasteiger charge is -2.11. The molecule has 0 aliphatic heterocycles. The molecule has 2 N–H and O–H groups in total. The van der Waals surface area contributed by atoms with E-state index in [0.29, 0.717) is 6.61 Å². The summed E-state index contributed by atoms with van der Waals surface area (Å²) in [6, 6.07) is 2.80. The van der Waals surface area contributed by atoms with Crippen LogP contribution < -0.4 is 10.6 Å². The molecule has 1 aromatic heterocycles. The zero-order valence-corrected chi connectivity index (χ0v) is 9.70. The minimum absolute atomic E-state index is 0.713. The predicted octanol–water partition coefficient (Wildman–Crippen LogP) is 1.39. The maximum Gasteiger partial charge on any atom is 0.0635 e. The Balaban J connectivity index is 1.87. The minimum atomic E-state index is 0.713. The van der Waals surface area contributed by atoms with Gasteiger partial charge in [-0.25, -0.2) is 0 Å². The van der Waals surface area contributed by atoms with E-state index >= 15 is 0 Å². The van der Waals surface area contributed by atoms with Gasteiger partial charge in [-0.3, -0.25) is 4.98 Å². The van der Waals surface area contributed by atoms with E-state index in [1.54, 1.807) is 7.11 Å². The number of aromatic nitrogens is 1. The fraction of sp³-hybridized carbons (Fsp3) is 0.583. The summed E-state index contributed by atoms with van der Waals surface area (Å²) < 4.78 is 5.01. The van der Waals surface area contributed by atoms with E-state index in [1.807, 2.05) is 12.4 Å². The molecule has 0 bridgehead atoms. The van der Waals surface area contributed by atoms with Gasteiger partial charge in [0.1, 0.15) is 0 Å². The second-order valence-electron chi connectivity index (χ2n) is 4.11. The lowest BCUT2D eigenvalue weighted by Crippen LogP contribution is -2.17. The third-order valence-electron chi connectivity index (χ3n) is 2.69. The molecule has 0 radical (unpaired) electrons. The molecule has 1 fully saturated rings. The van der Waals surface area contributed by atoms with Crippen molar-refractivity contribution in [3.63, 3.8) is 0 Å². The summed E-state index contributed by atoms with van der Waals surface area (Å²) >= 11 is 0. The van der Waals surface area contributed by atoms with Gasteiger partial charge in [-0.05, 0) is 24.5 Å². The van der Waals surface area contributed by atoms with Gasteiger partial charge in [0.25, 0.3) is 0 Å². The van der Waals surface area contributed by atoms with Crippen LogP contribution in [-0.2, 0) is 11.3 Å². The van der Waals surface area contributed by atoms with Crippen LogP contribution in [0.5, 0.6) is 0 Å². The van der Waals surface area contributed by atoms with Crippen LogP contribution in [0, 0.1) is 0 Å². The number of hydrogen-bond donors (Lipinski definition) is 2. The van der Waals surface area contributed by atoms with Crippen molar-refractivity contribution in [2.75, 3.05) is 25.6 Å². The average molecular weight is 221 g/mol. The number of nitrogens with one attached hydrogen (secondary N) is 2. The van der Waals surface area contributed by atoms with E-state index in [-0.39, 0.29) is 0 Å². The number of nitrogens with zero attached hydrogens (tertiary/aromatic N) is 1. The monoisotopic (exact) mass is 221 g/mol. The van der Waals surface area contributed by atoms with Crippen LogP contribution in [0.1, 0.15) is 18.4 Å². The summed E-state index contributed by atoms with van der Waals surface area (Å²) in [5.74, 6) is 0. The average Bonchev–Trinajstić information content (AvgIpc) is 3.12. The van der Waals surface area contributed by atoms with Gasteiger partial charge in [-0.2, -0.15) is 0 Å². The largest absolute Gasteiger partial charge is 0.383 e. The highest BCUT2D eigenvalue weighted by molar-refractivity contribution is 5.48. The molecule has 1 aromatic rings. The summed E-state index contributed by atoms with van der Waals surface area (Å²) in [4.78, 5) is 4.14. The molecule has 0 spiro atoms. The second kappa shape index (κ2) is 5.82. The van der Waals surface area contributed by atoms with Crippen molar-refractivity contribution in [1.82, 2.24) is 10.3 Å². The maximum absolute atomic E-state index is 5.01. The first-order chi connectivity index (χ1) is 7.90. The topological polar surface area (TPSA) is 46.2 Å². The highest BCUT2D eigenvalue weighted by Gasteiger charge is 2.20. The number of rotatable bonds is 7. The van der Waals surface area contributed by atoms with Gasteiger partial charge in [0.15, 0.2) is 0 Å². The highest BCUT2D eigenvalue weighted by Crippen LogP contribution is 2.20. The predicted molar refractivity (Wildman–Crippen MR) is 64.5 cm³/mol. The van der Waals surface area contributed by atoms with E-state index in [2.05, 4.69) is 21.7 Å². The van der Waals surface area contributed by atoms with Crippen LogP contribution in [0.2, 0.25) is 0 Å². The van der Waals surface area contributed by atoms with Gasteiger partial charge in [0, 0.05) is 32.4 Å². The smallest absolute Gasteiger partial charge is 0.0635 e. The zero-order valence-electron chi connectivity index (χ0n) is 9.70. The summed E-state index contributed by atoms with van der Waals surface area (Å²) in [6.07, 6.45) is 6.35. The van der Waals surface area contributed by atoms with Crippen molar-refractivity contribution in [3.8, 4) is 0 Å². The van der Waals surface area contributed by atoms with Gasteiger partial charge in [0.2, 0.25) is 0 Å². The van der Waals surface area contributed by atoms with E-state index in [9.17, 15) is 0 Å². The fourth-order valence-corrected chi connectivity index (χ4v) is 1.57. The normalized spacial score (nSPS) is 15.1. The van der Waals surface area contributed by atoms with Crippen LogP contribution in [0.25, 0.3) is 0 Å². The minimum Gasteiger partial charge on any atom is -0.383 e. The third-order valence-corrected chi connectivity index (χ3v) is 2.69. The van der Waals surface area contributed by atoms with E-state index in [4.69, 9.17) is 4.74 Å². The van der Waals surface area contributed by atoms with E-state index in [1.165, 1.54) is 18.4 Å². The van der Waals surface area contributed by atoms with Crippen LogP contribution >= 0.6 is 0 Å². The first-order valence-corrected chi connectivity index (χ1v) is 5.79. The van der Waals surface area contributed by atoms with Crippen molar-refractivity contribution < 1.29 is 4.74 Å². The molecule has 0 amide bonds. The maximum atomic E-state index is 5.01. The Hall–Kier alpha value is -1.13. The van der Waals surface area contributed by atoms with Crippen LogP contribution in [0.3, 0.4) is 0 Å². The van der Waals surface area contributed by atoms with E-state index in [0.717, 1.165) is 24.8 Å². The van der Waals surface area contributed by atoms with Gasteiger partial charge >= 0.3 is 0 Å². The fourth-order valence-electron chi connectivity index (χ4n) is 1.57. The van der Waals surface area contributed by atoms with Gasteiger partial charge in [-0.15, -0.1) is 0 Å². The van der Waals surface area contributed by atoms with Crippen molar-refractivity contribution in [2.45, 2.75) is 25.4 Å². The molecule has 0 unspecified atom stereocenters. The zero-order chi connectivity index (χ0) is 11.2. The van der Waals surface area contributed by atoms with Crippen molar-refractivity contribution in [2.24, 2.45) is 0 Å². The summed E-state index contributed by atoms with van der Waals surface area (Å²) in [5.41, 5.74) is 2.38. The van der Waals surface area contributed by atoms with Crippen molar-refractivity contribution in [1.29, 1.82) is 0 Å².